The molecule has 0 unspecified atom stereocenters. The van der Waals surface area contributed by atoms with Gasteiger partial charge in [0, 0.05) is 13.0 Å². The number of carbonyl (C=O) groups is 1. The monoisotopic (exact) mass is 264 g/mol. The number of piperidine rings is 1. The molecule has 1 N–H and O–H groups in total. The van der Waals surface area contributed by atoms with Crippen LogP contribution < -0.4 is 5.32 Å². The average Bonchev–Trinajstić information content (AvgIpc) is 2.46. The third-order valence-electron chi connectivity index (χ3n) is 4.81. The minimum Gasteiger partial charge on any atom is -0.359 e. The maximum Gasteiger partial charge on any atom is 0.222 e. The summed E-state index contributed by atoms with van der Waals surface area (Å²) in [5.74, 6) is 1.99. The SMILES string of the molecule is CNC(=O)C1CCC(C=CC2CCN(C)CC2)CC1. The molecule has 0 spiro atoms. The van der Waals surface area contributed by atoms with Gasteiger partial charge in [-0.05, 0) is 70.5 Å². The summed E-state index contributed by atoms with van der Waals surface area (Å²) in [6.07, 6.45) is 12.0. The number of hydrogen-bond donors (Lipinski definition) is 1. The van der Waals surface area contributed by atoms with Gasteiger partial charge in [0.05, 0.1) is 0 Å². The van der Waals surface area contributed by atoms with E-state index in [0.717, 1.165) is 18.8 Å². The van der Waals surface area contributed by atoms with Gasteiger partial charge in [0.2, 0.25) is 5.91 Å². The fourth-order valence-corrected chi connectivity index (χ4v) is 3.31. The zero-order valence-corrected chi connectivity index (χ0v) is 12.4. The summed E-state index contributed by atoms with van der Waals surface area (Å²) < 4.78 is 0. The Hall–Kier alpha value is -0.830. The number of amides is 1. The second-order valence-corrected chi connectivity index (χ2v) is 6.25. The van der Waals surface area contributed by atoms with Crippen molar-refractivity contribution in [1.29, 1.82) is 0 Å². The van der Waals surface area contributed by atoms with Crippen molar-refractivity contribution in [2.75, 3.05) is 27.2 Å². The van der Waals surface area contributed by atoms with Crippen molar-refractivity contribution in [1.82, 2.24) is 10.2 Å². The maximum absolute atomic E-state index is 11.6. The second-order valence-electron chi connectivity index (χ2n) is 6.25. The van der Waals surface area contributed by atoms with E-state index < -0.39 is 0 Å². The van der Waals surface area contributed by atoms with Crippen LogP contribution in [0.15, 0.2) is 12.2 Å². The first-order valence-electron chi connectivity index (χ1n) is 7.77. The molecule has 2 fully saturated rings. The van der Waals surface area contributed by atoms with Crippen molar-refractivity contribution in [3.63, 3.8) is 0 Å². The molecule has 1 heterocycles. The van der Waals surface area contributed by atoms with Gasteiger partial charge < -0.3 is 10.2 Å². The average molecular weight is 264 g/mol. The predicted molar refractivity (Wildman–Crippen MR) is 78.9 cm³/mol. The molecule has 0 aromatic rings. The highest BCUT2D eigenvalue weighted by Crippen LogP contribution is 2.30. The summed E-state index contributed by atoms with van der Waals surface area (Å²) in [4.78, 5) is 14.0. The molecule has 0 aromatic heterocycles. The summed E-state index contributed by atoms with van der Waals surface area (Å²) in [6, 6.07) is 0. The van der Waals surface area contributed by atoms with E-state index in [-0.39, 0.29) is 11.8 Å². The van der Waals surface area contributed by atoms with Crippen LogP contribution in [0.1, 0.15) is 38.5 Å². The van der Waals surface area contributed by atoms with Crippen LogP contribution >= 0.6 is 0 Å². The first kappa shape index (κ1) is 14.6. The summed E-state index contributed by atoms with van der Waals surface area (Å²) in [5, 5.41) is 2.78. The number of carbonyl (C=O) groups excluding carboxylic acids is 1. The van der Waals surface area contributed by atoms with E-state index in [2.05, 4.69) is 29.4 Å². The van der Waals surface area contributed by atoms with Crippen molar-refractivity contribution in [2.45, 2.75) is 38.5 Å². The Morgan fingerprint density at radius 2 is 1.53 bits per heavy atom. The molecule has 0 radical (unpaired) electrons. The van der Waals surface area contributed by atoms with Crippen molar-refractivity contribution >= 4 is 5.91 Å². The second kappa shape index (κ2) is 7.09. The molecule has 19 heavy (non-hydrogen) atoms. The Morgan fingerprint density at radius 1 is 1.00 bits per heavy atom. The van der Waals surface area contributed by atoms with Crippen molar-refractivity contribution in [3.05, 3.63) is 12.2 Å². The Kier molecular flexibility index (Phi) is 5.44. The molecule has 1 aliphatic carbocycles. The topological polar surface area (TPSA) is 32.3 Å². The number of allylic oxidation sites excluding steroid dienone is 2. The summed E-state index contributed by atoms with van der Waals surface area (Å²) >= 11 is 0. The standard InChI is InChI=1S/C16H28N2O/c1-17-16(19)15-7-5-13(6-8-15)3-4-14-9-11-18(2)12-10-14/h3-4,13-15H,5-12H2,1-2H3,(H,17,19). The van der Waals surface area contributed by atoms with Crippen molar-refractivity contribution < 1.29 is 4.79 Å². The van der Waals surface area contributed by atoms with E-state index in [1.807, 2.05) is 0 Å². The molecule has 2 rings (SSSR count). The fraction of sp³-hybridized carbons (Fsp3) is 0.812. The molecule has 3 nitrogen and oxygen atoms in total. The van der Waals surface area contributed by atoms with Gasteiger partial charge in [0.15, 0.2) is 0 Å². The lowest BCUT2D eigenvalue weighted by Gasteiger charge is -2.28. The first-order chi connectivity index (χ1) is 9.19. The Bertz CT molecular complexity index is 311. The molecular weight excluding hydrogens is 236 g/mol. The molecule has 1 saturated heterocycles. The van der Waals surface area contributed by atoms with E-state index in [1.165, 1.54) is 38.8 Å². The molecule has 1 aliphatic heterocycles. The van der Waals surface area contributed by atoms with Crippen LogP contribution in [-0.4, -0.2) is 38.0 Å². The lowest BCUT2D eigenvalue weighted by Crippen LogP contribution is -2.30. The summed E-state index contributed by atoms with van der Waals surface area (Å²) in [7, 11) is 3.95. The van der Waals surface area contributed by atoms with Gasteiger partial charge in [-0.15, -0.1) is 0 Å². The molecule has 0 atom stereocenters. The van der Waals surface area contributed by atoms with Gasteiger partial charge in [0.1, 0.15) is 0 Å². The molecule has 1 amide bonds. The van der Waals surface area contributed by atoms with Gasteiger partial charge >= 0.3 is 0 Å². The molecule has 2 aliphatic rings. The van der Waals surface area contributed by atoms with E-state index in [4.69, 9.17) is 0 Å². The van der Waals surface area contributed by atoms with Crippen LogP contribution in [0, 0.1) is 17.8 Å². The maximum atomic E-state index is 11.6. The Morgan fingerprint density at radius 3 is 2.05 bits per heavy atom. The zero-order valence-electron chi connectivity index (χ0n) is 12.4. The fourth-order valence-electron chi connectivity index (χ4n) is 3.31. The largest absolute Gasteiger partial charge is 0.359 e. The third kappa shape index (κ3) is 4.34. The molecule has 3 heteroatoms. The highest BCUT2D eigenvalue weighted by Gasteiger charge is 2.24. The van der Waals surface area contributed by atoms with Crippen LogP contribution in [-0.2, 0) is 4.79 Å². The zero-order chi connectivity index (χ0) is 13.7. The van der Waals surface area contributed by atoms with E-state index in [9.17, 15) is 4.79 Å². The molecular formula is C16H28N2O. The molecule has 108 valence electrons. The van der Waals surface area contributed by atoms with Gasteiger partial charge in [-0.3, -0.25) is 4.79 Å². The lowest BCUT2D eigenvalue weighted by atomic mass is 9.81. The molecule has 0 aromatic carbocycles. The van der Waals surface area contributed by atoms with Gasteiger partial charge in [-0.25, -0.2) is 0 Å². The van der Waals surface area contributed by atoms with Crippen molar-refractivity contribution in [3.8, 4) is 0 Å². The highest BCUT2D eigenvalue weighted by atomic mass is 16.1. The smallest absolute Gasteiger partial charge is 0.222 e. The van der Waals surface area contributed by atoms with E-state index in [1.54, 1.807) is 7.05 Å². The number of nitrogens with zero attached hydrogens (tertiary/aromatic N) is 1. The number of nitrogens with one attached hydrogen (secondary N) is 1. The molecule has 0 bridgehead atoms. The minimum absolute atomic E-state index is 0.234. The quantitative estimate of drug-likeness (QED) is 0.794. The number of rotatable bonds is 3. The van der Waals surface area contributed by atoms with Gasteiger partial charge in [-0.1, -0.05) is 12.2 Å². The summed E-state index contributed by atoms with van der Waals surface area (Å²) in [5.41, 5.74) is 0. The predicted octanol–water partition coefficient (Wildman–Crippen LogP) is 2.44. The van der Waals surface area contributed by atoms with Gasteiger partial charge in [0.25, 0.3) is 0 Å². The third-order valence-corrected chi connectivity index (χ3v) is 4.81. The van der Waals surface area contributed by atoms with E-state index in [0.29, 0.717) is 5.92 Å². The first-order valence-corrected chi connectivity index (χ1v) is 7.77. The van der Waals surface area contributed by atoms with Crippen LogP contribution in [0.25, 0.3) is 0 Å². The summed E-state index contributed by atoms with van der Waals surface area (Å²) in [6.45, 7) is 2.47. The molecule has 1 saturated carbocycles. The van der Waals surface area contributed by atoms with Crippen molar-refractivity contribution in [2.24, 2.45) is 17.8 Å². The lowest BCUT2D eigenvalue weighted by molar-refractivity contribution is -0.125. The Balaban J connectivity index is 1.71. The van der Waals surface area contributed by atoms with Crippen LogP contribution in [0.2, 0.25) is 0 Å². The van der Waals surface area contributed by atoms with Crippen LogP contribution in [0.3, 0.4) is 0 Å². The number of hydrogen-bond acceptors (Lipinski definition) is 2. The van der Waals surface area contributed by atoms with E-state index >= 15 is 0 Å². The Labute approximate surface area is 117 Å². The van der Waals surface area contributed by atoms with Crippen LogP contribution in [0.4, 0.5) is 0 Å². The number of likely N-dealkylation sites (tertiary alicyclic amines) is 1. The van der Waals surface area contributed by atoms with Gasteiger partial charge in [-0.2, -0.15) is 0 Å². The highest BCUT2D eigenvalue weighted by molar-refractivity contribution is 5.78. The minimum atomic E-state index is 0.234. The normalized spacial score (nSPS) is 30.6. The van der Waals surface area contributed by atoms with Crippen LogP contribution in [0.5, 0.6) is 0 Å².